The van der Waals surface area contributed by atoms with Crippen LogP contribution in [0.25, 0.3) is 16.7 Å². The number of alkyl halides is 2. The van der Waals surface area contributed by atoms with E-state index in [0.29, 0.717) is 60.2 Å². The van der Waals surface area contributed by atoms with E-state index >= 15 is 0 Å². The molecule has 3 aliphatic rings. The molecule has 2 aliphatic heterocycles. The highest BCUT2D eigenvalue weighted by atomic mass is 19.3. The first-order valence-electron chi connectivity index (χ1n) is 12.9. The van der Waals surface area contributed by atoms with Crippen molar-refractivity contribution in [3.05, 3.63) is 36.0 Å². The number of halogens is 2. The lowest BCUT2D eigenvalue weighted by Gasteiger charge is -2.60. The molecule has 10 nitrogen and oxygen atoms in total. The van der Waals surface area contributed by atoms with Crippen molar-refractivity contribution in [2.75, 3.05) is 29.9 Å². The Morgan fingerprint density at radius 3 is 2.66 bits per heavy atom. The molecule has 3 fully saturated rings. The Kier molecular flexibility index (Phi) is 5.71. The van der Waals surface area contributed by atoms with E-state index in [2.05, 4.69) is 15.3 Å². The summed E-state index contributed by atoms with van der Waals surface area (Å²) in [4.78, 5) is 24.7. The lowest BCUT2D eigenvalue weighted by molar-refractivity contribution is -0.0586. The predicted octanol–water partition coefficient (Wildman–Crippen LogP) is 4.05. The molecule has 1 aliphatic carbocycles. The summed E-state index contributed by atoms with van der Waals surface area (Å²) in [6.07, 6.45) is 1.06. The van der Waals surface area contributed by atoms with Crippen LogP contribution in [-0.2, 0) is 0 Å². The topological polar surface area (TPSA) is 120 Å². The van der Waals surface area contributed by atoms with Crippen molar-refractivity contribution in [3.8, 4) is 5.69 Å². The molecule has 3 aromatic rings. The monoisotopic (exact) mass is 527 g/mol. The van der Waals surface area contributed by atoms with Gasteiger partial charge < -0.3 is 25.3 Å². The average molecular weight is 528 g/mol. The maximum Gasteiger partial charge on any atom is 0.407 e. The Hall–Kier alpha value is -3.54. The summed E-state index contributed by atoms with van der Waals surface area (Å²) in [5.41, 5.74) is -0.170. The van der Waals surface area contributed by atoms with Crippen molar-refractivity contribution in [1.82, 2.24) is 24.6 Å². The van der Waals surface area contributed by atoms with E-state index in [1.807, 2.05) is 0 Å². The van der Waals surface area contributed by atoms with Crippen LogP contribution in [0.4, 0.5) is 25.3 Å². The number of hydrogen-bond donors (Lipinski definition) is 3. The summed E-state index contributed by atoms with van der Waals surface area (Å²) in [5.74, 6) is 1.41. The van der Waals surface area contributed by atoms with Gasteiger partial charge in [-0.1, -0.05) is 12.1 Å². The Balaban J connectivity index is 1.31. The summed E-state index contributed by atoms with van der Waals surface area (Å²) in [6, 6.07) is 6.09. The van der Waals surface area contributed by atoms with Crippen LogP contribution in [0.1, 0.15) is 51.5 Å². The number of hydrogen-bond acceptors (Lipinski definition) is 7. The first-order valence-corrected chi connectivity index (χ1v) is 12.9. The van der Waals surface area contributed by atoms with Gasteiger partial charge in [0.25, 0.3) is 6.43 Å². The number of carbonyl (C=O) groups is 1. The Bertz CT molecular complexity index is 1380. The number of carboxylic acid groups (broad SMARTS) is 1. The number of benzene rings is 1. The molecule has 6 rings (SSSR count). The smallest absolute Gasteiger partial charge is 0.407 e. The highest BCUT2D eigenvalue weighted by Crippen LogP contribution is 2.48. The van der Waals surface area contributed by atoms with Crippen LogP contribution in [0.5, 0.6) is 0 Å². The molecule has 12 heteroatoms. The van der Waals surface area contributed by atoms with Crippen LogP contribution in [-0.4, -0.2) is 77.8 Å². The van der Waals surface area contributed by atoms with Gasteiger partial charge in [0, 0.05) is 31.2 Å². The normalized spacial score (nSPS) is 23.5. The third kappa shape index (κ3) is 4.30. The number of anilines is 2. The Morgan fingerprint density at radius 2 is 2.03 bits per heavy atom. The van der Waals surface area contributed by atoms with Crippen LogP contribution in [0.15, 0.2) is 30.5 Å². The molecule has 2 saturated heterocycles. The van der Waals surface area contributed by atoms with E-state index < -0.39 is 18.1 Å². The minimum absolute atomic E-state index is 0.0281. The number of amides is 1. The maximum absolute atomic E-state index is 13.4. The second-order valence-electron chi connectivity index (χ2n) is 11.5. The van der Waals surface area contributed by atoms with Crippen molar-refractivity contribution in [1.29, 1.82) is 0 Å². The predicted molar refractivity (Wildman–Crippen MR) is 137 cm³/mol. The van der Waals surface area contributed by atoms with Crippen molar-refractivity contribution in [2.45, 2.75) is 63.1 Å². The summed E-state index contributed by atoms with van der Waals surface area (Å²) in [5, 5.41) is 28.2. The van der Waals surface area contributed by atoms with E-state index in [0.717, 1.165) is 19.5 Å². The third-order valence-corrected chi connectivity index (χ3v) is 8.01. The van der Waals surface area contributed by atoms with E-state index in [1.165, 1.54) is 17.0 Å². The van der Waals surface area contributed by atoms with E-state index in [-0.39, 0.29) is 17.1 Å². The van der Waals surface area contributed by atoms with Crippen LogP contribution in [0, 0.1) is 5.92 Å². The Labute approximate surface area is 218 Å². The summed E-state index contributed by atoms with van der Waals surface area (Å²) in [6.45, 7) is 5.61. The Morgan fingerprint density at radius 1 is 1.26 bits per heavy atom. The third-order valence-electron chi connectivity index (χ3n) is 8.01. The van der Waals surface area contributed by atoms with E-state index in [1.54, 1.807) is 36.9 Å². The lowest BCUT2D eigenvalue weighted by atomic mass is 9.65. The molecular weight excluding hydrogens is 496 g/mol. The van der Waals surface area contributed by atoms with Crippen LogP contribution >= 0.6 is 0 Å². The summed E-state index contributed by atoms with van der Waals surface area (Å²) in [7, 11) is 0. The molecule has 1 aromatic carbocycles. The van der Waals surface area contributed by atoms with Gasteiger partial charge in [0.1, 0.15) is 5.82 Å². The molecule has 1 spiro atoms. The van der Waals surface area contributed by atoms with Gasteiger partial charge in [-0.15, -0.1) is 0 Å². The maximum atomic E-state index is 13.4. The molecular formula is C26H31F2N7O3. The van der Waals surface area contributed by atoms with Crippen LogP contribution < -0.4 is 10.2 Å². The molecule has 0 unspecified atom stereocenters. The number of nitrogens with one attached hydrogen (secondary N) is 1. The minimum atomic E-state index is -2.60. The van der Waals surface area contributed by atoms with Gasteiger partial charge >= 0.3 is 6.09 Å². The number of likely N-dealkylation sites (tertiary alicyclic amines) is 1. The van der Waals surface area contributed by atoms with Crippen LogP contribution in [0.2, 0.25) is 0 Å². The largest absolute Gasteiger partial charge is 0.465 e. The van der Waals surface area contributed by atoms with Crippen molar-refractivity contribution in [3.63, 3.8) is 0 Å². The number of nitrogens with zero attached hydrogens (tertiary/aromatic N) is 6. The molecule has 0 bridgehead atoms. The summed E-state index contributed by atoms with van der Waals surface area (Å²) < 4.78 is 28.3. The van der Waals surface area contributed by atoms with Gasteiger partial charge in [-0.2, -0.15) is 15.1 Å². The second-order valence-corrected chi connectivity index (χ2v) is 11.5. The fraction of sp³-hybridized carbons (Fsp3) is 0.538. The average Bonchev–Trinajstić information content (AvgIpc) is 3.20. The van der Waals surface area contributed by atoms with Crippen molar-refractivity contribution >= 4 is 28.9 Å². The number of rotatable bonds is 7. The first-order chi connectivity index (χ1) is 18.0. The molecule has 1 saturated carbocycles. The molecule has 4 heterocycles. The van der Waals surface area contributed by atoms with Gasteiger partial charge in [-0.05, 0) is 57.6 Å². The molecule has 0 atom stereocenters. The SMILES string of the molecule is CC(C)(O)CC1CN(c2nc(N[C@H]3C[C@@]4(CCN4C(=O)O)C3)nc3c2cnn3-c2cccc(C(F)F)c2)C1. The number of aliphatic hydroxyl groups is 1. The van der Waals surface area contributed by atoms with Crippen molar-refractivity contribution in [2.24, 2.45) is 5.92 Å². The standard InChI is InChI=1S/C26H31F2N7O3/c1-25(2,38)9-15-13-33(14-15)21-19-12-29-35(18-5-3-4-16(8-18)20(27)28)22(19)32-23(31-21)30-17-10-26(11-17)6-7-34(26)24(36)37/h3-5,8,12,15,17,20,38H,6-7,9-11,13-14H2,1-2H3,(H,36,37)(H,30,31,32)/t17-,26-. The zero-order chi connectivity index (χ0) is 26.8. The minimum Gasteiger partial charge on any atom is -0.465 e. The zero-order valence-corrected chi connectivity index (χ0v) is 21.3. The van der Waals surface area contributed by atoms with Crippen molar-refractivity contribution < 1.29 is 23.8 Å². The first kappa shape index (κ1) is 24.8. The van der Waals surface area contributed by atoms with Crippen LogP contribution in [0.3, 0.4) is 0 Å². The highest BCUT2D eigenvalue weighted by molar-refractivity contribution is 5.89. The molecule has 3 N–H and O–H groups in total. The highest BCUT2D eigenvalue weighted by Gasteiger charge is 2.56. The fourth-order valence-electron chi connectivity index (χ4n) is 6.16. The van der Waals surface area contributed by atoms with Gasteiger partial charge in [0.05, 0.1) is 28.4 Å². The van der Waals surface area contributed by atoms with Gasteiger partial charge in [-0.3, -0.25) is 0 Å². The number of fused-ring (bicyclic) bond motifs is 1. The van der Waals surface area contributed by atoms with Gasteiger partial charge in [-0.25, -0.2) is 18.3 Å². The fourth-order valence-corrected chi connectivity index (χ4v) is 6.16. The second kappa shape index (κ2) is 8.75. The number of aromatic nitrogens is 4. The lowest BCUT2D eigenvalue weighted by Crippen LogP contribution is -2.70. The molecule has 202 valence electrons. The quantitative estimate of drug-likeness (QED) is 0.421. The molecule has 2 aromatic heterocycles. The van der Waals surface area contributed by atoms with Gasteiger partial charge in [0.2, 0.25) is 5.95 Å². The molecule has 1 amide bonds. The van der Waals surface area contributed by atoms with Gasteiger partial charge in [0.15, 0.2) is 5.65 Å². The molecule has 0 radical (unpaired) electrons. The zero-order valence-electron chi connectivity index (χ0n) is 21.3. The van der Waals surface area contributed by atoms with E-state index in [9.17, 15) is 23.8 Å². The van der Waals surface area contributed by atoms with E-state index in [4.69, 9.17) is 9.97 Å². The summed E-state index contributed by atoms with van der Waals surface area (Å²) >= 11 is 0. The molecule has 38 heavy (non-hydrogen) atoms.